The number of carbonyl (C=O) groups excluding carboxylic acids is 2. The average Bonchev–Trinajstić information content (AvgIpc) is 3.33. The summed E-state index contributed by atoms with van der Waals surface area (Å²) in [6.07, 6.45) is 66.2. The molecule has 9 nitrogen and oxygen atoms in total. The van der Waals surface area contributed by atoms with E-state index in [1.807, 2.05) is 21.1 Å². The van der Waals surface area contributed by atoms with Crippen molar-refractivity contribution in [2.45, 2.75) is 225 Å². The van der Waals surface area contributed by atoms with Crippen molar-refractivity contribution >= 4 is 17.9 Å². The second-order valence-electron chi connectivity index (χ2n) is 19.5. The van der Waals surface area contributed by atoms with Crippen LogP contribution in [0, 0.1) is 0 Å². The minimum atomic E-state index is -1.53. The van der Waals surface area contributed by atoms with E-state index in [1.54, 1.807) is 0 Å². The van der Waals surface area contributed by atoms with E-state index < -0.39 is 24.3 Å². The summed E-state index contributed by atoms with van der Waals surface area (Å²) in [5.41, 5.74) is 0. The van der Waals surface area contributed by atoms with E-state index in [-0.39, 0.29) is 32.2 Å². The molecule has 0 amide bonds. The highest BCUT2D eigenvalue weighted by atomic mass is 16.7. The van der Waals surface area contributed by atoms with Crippen molar-refractivity contribution in [1.29, 1.82) is 0 Å². The molecular weight excluding hydrogens is 875 g/mol. The zero-order chi connectivity index (χ0) is 51.3. The molecule has 0 spiro atoms. The zero-order valence-electron chi connectivity index (χ0n) is 45.4. The van der Waals surface area contributed by atoms with Crippen LogP contribution in [0.5, 0.6) is 0 Å². The molecule has 0 bridgehead atoms. The van der Waals surface area contributed by atoms with Crippen molar-refractivity contribution in [3.05, 3.63) is 97.2 Å². The van der Waals surface area contributed by atoms with Gasteiger partial charge in [0.25, 0.3) is 6.29 Å². The largest absolute Gasteiger partial charge is 0.477 e. The summed E-state index contributed by atoms with van der Waals surface area (Å²) in [6.45, 7) is 4.71. The molecular formula is C61H104NO8+. The molecule has 9 heteroatoms. The van der Waals surface area contributed by atoms with Crippen molar-refractivity contribution < 1.29 is 42.9 Å². The number of hydrogen-bond donors (Lipinski definition) is 1. The smallest absolute Gasteiger partial charge is 0.361 e. The molecule has 0 rings (SSSR count). The first-order valence-corrected chi connectivity index (χ1v) is 27.9. The maximum absolute atomic E-state index is 12.8. The van der Waals surface area contributed by atoms with Gasteiger partial charge in [0.2, 0.25) is 0 Å². The summed E-state index contributed by atoms with van der Waals surface area (Å²) in [5.74, 6) is -2.07. The van der Waals surface area contributed by atoms with Crippen LogP contribution in [0.3, 0.4) is 0 Å². The fourth-order valence-electron chi connectivity index (χ4n) is 7.32. The molecule has 1 N–H and O–H groups in total. The van der Waals surface area contributed by atoms with Crippen LogP contribution >= 0.6 is 0 Å². The van der Waals surface area contributed by atoms with E-state index in [9.17, 15) is 19.5 Å². The van der Waals surface area contributed by atoms with Gasteiger partial charge in [0, 0.05) is 12.8 Å². The molecule has 0 aliphatic rings. The van der Waals surface area contributed by atoms with Gasteiger partial charge in [-0.3, -0.25) is 9.59 Å². The molecule has 0 radical (unpaired) electrons. The number of esters is 2. The van der Waals surface area contributed by atoms with Crippen LogP contribution in [0.1, 0.15) is 213 Å². The number of carboxylic acid groups (broad SMARTS) is 1. The Morgan fingerprint density at radius 3 is 1.21 bits per heavy atom. The van der Waals surface area contributed by atoms with Crippen molar-refractivity contribution in [3.63, 3.8) is 0 Å². The zero-order valence-corrected chi connectivity index (χ0v) is 45.4. The first kappa shape index (κ1) is 66.2. The monoisotopic (exact) mass is 979 g/mol. The maximum Gasteiger partial charge on any atom is 0.361 e. The number of hydrogen-bond acceptors (Lipinski definition) is 7. The highest BCUT2D eigenvalue weighted by Gasteiger charge is 2.25. The van der Waals surface area contributed by atoms with Crippen LogP contribution in [-0.4, -0.2) is 87.4 Å². The van der Waals surface area contributed by atoms with E-state index in [0.29, 0.717) is 23.9 Å². The van der Waals surface area contributed by atoms with Crippen LogP contribution in [0.25, 0.3) is 0 Å². The summed E-state index contributed by atoms with van der Waals surface area (Å²) < 4.78 is 22.8. The standard InChI is InChI=1S/C61H103NO8/c1-6-8-10-12-14-16-18-20-22-24-26-27-28-29-30-31-32-33-34-36-38-40-42-44-46-48-50-52-59(64)70-57(56-69-61(60(65)66)67-54-53-62(3,4)5)55-68-58(63)51-49-47-45-43-41-39-37-35-25-23-21-19-17-15-13-11-9-7-2/h8,10,14,16,20,22,26-27,29-30,32-33,36,38,42,44,57,61H,6-7,9,11-13,15,17-19,21,23-25,28,31,34-35,37,39-41,43,45-56H2,1-5H3/p+1/b10-8-,16-14-,22-20-,27-26-,30-29-,33-32-,38-36-,44-42-. The summed E-state index contributed by atoms with van der Waals surface area (Å²) in [7, 11) is 5.94. The van der Waals surface area contributed by atoms with Gasteiger partial charge in [-0.2, -0.15) is 0 Å². The van der Waals surface area contributed by atoms with Gasteiger partial charge >= 0.3 is 17.9 Å². The maximum atomic E-state index is 12.8. The average molecular weight is 980 g/mol. The molecule has 0 aromatic carbocycles. The molecule has 0 heterocycles. The topological polar surface area (TPSA) is 108 Å². The fraction of sp³-hybridized carbons (Fsp3) is 0.689. The van der Waals surface area contributed by atoms with Crippen LogP contribution in [0.4, 0.5) is 0 Å². The van der Waals surface area contributed by atoms with Crippen molar-refractivity contribution in [2.24, 2.45) is 0 Å². The quantitative estimate of drug-likeness (QED) is 0.0211. The minimum Gasteiger partial charge on any atom is -0.477 e. The Bertz CT molecular complexity index is 1470. The summed E-state index contributed by atoms with van der Waals surface area (Å²) >= 11 is 0. The number of carbonyl (C=O) groups is 3. The third-order valence-corrected chi connectivity index (χ3v) is 11.6. The minimum absolute atomic E-state index is 0.175. The van der Waals surface area contributed by atoms with Crippen molar-refractivity contribution in [3.8, 4) is 0 Å². The van der Waals surface area contributed by atoms with E-state index >= 15 is 0 Å². The first-order valence-electron chi connectivity index (χ1n) is 27.9. The fourth-order valence-corrected chi connectivity index (χ4v) is 7.32. The van der Waals surface area contributed by atoms with Gasteiger partial charge in [-0.15, -0.1) is 0 Å². The Morgan fingerprint density at radius 1 is 0.443 bits per heavy atom. The van der Waals surface area contributed by atoms with E-state index in [0.717, 1.165) is 83.5 Å². The van der Waals surface area contributed by atoms with E-state index in [4.69, 9.17) is 18.9 Å². The number of rotatable bonds is 50. The molecule has 70 heavy (non-hydrogen) atoms. The second-order valence-corrected chi connectivity index (χ2v) is 19.5. The number of carboxylic acids is 1. The third kappa shape index (κ3) is 52.0. The Morgan fingerprint density at radius 2 is 0.814 bits per heavy atom. The van der Waals surface area contributed by atoms with Crippen LogP contribution < -0.4 is 0 Å². The molecule has 0 saturated heterocycles. The molecule has 0 aromatic rings. The Kier molecular flexibility index (Phi) is 48.8. The molecule has 2 atom stereocenters. The Hall–Kier alpha value is -3.79. The lowest BCUT2D eigenvalue weighted by atomic mass is 10.0. The van der Waals surface area contributed by atoms with Gasteiger partial charge in [0.1, 0.15) is 13.2 Å². The van der Waals surface area contributed by atoms with Gasteiger partial charge in [-0.05, 0) is 77.0 Å². The van der Waals surface area contributed by atoms with E-state index in [2.05, 4.69) is 111 Å². The van der Waals surface area contributed by atoms with Crippen LogP contribution in [0.2, 0.25) is 0 Å². The normalized spacial score (nSPS) is 13.6. The second kappa shape index (κ2) is 51.6. The summed E-state index contributed by atoms with van der Waals surface area (Å²) in [4.78, 5) is 37.4. The Balaban J connectivity index is 4.40. The lowest BCUT2D eigenvalue weighted by Crippen LogP contribution is -2.40. The molecule has 2 unspecified atom stereocenters. The number of likely N-dealkylation sites (N-methyl/N-ethyl adjacent to an activating group) is 1. The highest BCUT2D eigenvalue weighted by molar-refractivity contribution is 5.71. The third-order valence-electron chi connectivity index (χ3n) is 11.6. The van der Waals surface area contributed by atoms with Crippen LogP contribution in [-0.2, 0) is 33.3 Å². The molecule has 0 aliphatic heterocycles. The predicted molar refractivity (Wildman–Crippen MR) is 295 cm³/mol. The lowest BCUT2D eigenvalue weighted by Gasteiger charge is -2.25. The molecule has 400 valence electrons. The molecule has 0 aromatic heterocycles. The number of allylic oxidation sites excluding steroid dienone is 16. The lowest BCUT2D eigenvalue weighted by molar-refractivity contribution is -0.870. The molecule has 0 aliphatic carbocycles. The number of unbranched alkanes of at least 4 members (excludes halogenated alkanes) is 19. The first-order chi connectivity index (χ1) is 34.1. The van der Waals surface area contributed by atoms with Gasteiger partial charge < -0.3 is 28.5 Å². The SMILES string of the molecule is CC/C=C\C/C=C\C/C=C\C/C=C\C/C=C\C/C=C\C/C=C\C/C=C\CCCCC(=O)OC(COC(=O)CCCCCCCCCCCCCCCCCCCC)COC(OCC[N+](C)(C)C)C(=O)O. The summed E-state index contributed by atoms with van der Waals surface area (Å²) in [5, 5.41) is 9.69. The van der Waals surface area contributed by atoms with Gasteiger partial charge in [0.05, 0.1) is 34.4 Å². The van der Waals surface area contributed by atoms with E-state index in [1.165, 1.54) is 96.3 Å². The number of nitrogens with zero attached hydrogens (tertiary/aromatic N) is 1. The number of quaternary nitrogens is 1. The number of aliphatic carboxylic acids is 1. The summed E-state index contributed by atoms with van der Waals surface area (Å²) in [6, 6.07) is 0. The van der Waals surface area contributed by atoms with Crippen molar-refractivity contribution in [2.75, 3.05) is 47.5 Å². The van der Waals surface area contributed by atoms with Gasteiger partial charge in [0.15, 0.2) is 6.10 Å². The number of ether oxygens (including phenoxy) is 4. The highest BCUT2D eigenvalue weighted by Crippen LogP contribution is 2.15. The van der Waals surface area contributed by atoms with Crippen molar-refractivity contribution in [1.82, 2.24) is 0 Å². The molecule has 0 fully saturated rings. The Labute approximate surface area is 429 Å². The molecule has 0 saturated carbocycles. The van der Waals surface area contributed by atoms with Gasteiger partial charge in [-0.1, -0.05) is 220 Å². The van der Waals surface area contributed by atoms with Crippen LogP contribution in [0.15, 0.2) is 97.2 Å². The van der Waals surface area contributed by atoms with Gasteiger partial charge in [-0.25, -0.2) is 4.79 Å². The predicted octanol–water partition coefficient (Wildman–Crippen LogP) is 16.2.